The Balaban J connectivity index is 2.73. The first-order chi connectivity index (χ1) is 6.25. The van der Waals surface area contributed by atoms with Gasteiger partial charge >= 0.3 is 0 Å². The van der Waals surface area contributed by atoms with Crippen molar-refractivity contribution < 1.29 is 9.59 Å². The molecule has 1 unspecified atom stereocenters. The smallest absolute Gasteiger partial charge is 0.175 e. The molecule has 0 saturated heterocycles. The van der Waals surface area contributed by atoms with Crippen LogP contribution in [0, 0.1) is 0 Å². The maximum absolute atomic E-state index is 11.5. The fourth-order valence-electron chi connectivity index (χ4n) is 0.993. The molecule has 0 bridgehead atoms. The van der Waals surface area contributed by atoms with E-state index in [4.69, 9.17) is 0 Å². The van der Waals surface area contributed by atoms with Gasteiger partial charge in [-0.25, -0.2) is 0 Å². The van der Waals surface area contributed by atoms with E-state index in [9.17, 15) is 9.59 Å². The number of carbonyl (C=O) groups is 2. The molecule has 68 valence electrons. The molecule has 0 heterocycles. The Labute approximate surface area is 82.4 Å². The largest absolute Gasteiger partial charge is 0.303 e. The maximum atomic E-state index is 11.5. The molecule has 0 aliphatic carbocycles. The van der Waals surface area contributed by atoms with Crippen molar-refractivity contribution in [3.8, 4) is 0 Å². The van der Waals surface area contributed by atoms with Crippen molar-refractivity contribution in [3.63, 3.8) is 0 Å². The highest BCUT2D eigenvalue weighted by Gasteiger charge is 2.14. The van der Waals surface area contributed by atoms with Crippen LogP contribution in [-0.2, 0) is 4.79 Å². The van der Waals surface area contributed by atoms with Crippen molar-refractivity contribution in [2.45, 2.75) is 11.7 Å². The van der Waals surface area contributed by atoms with Crippen LogP contribution < -0.4 is 0 Å². The Hall–Kier alpha value is -1.09. The summed E-state index contributed by atoms with van der Waals surface area (Å²) in [6, 6.07) is 8.85. The fraction of sp³-hybridized carbons (Fsp3) is 0.200. The monoisotopic (exact) mass is 194 g/mol. The molecule has 1 aromatic carbocycles. The molecular weight excluding hydrogens is 184 g/mol. The van der Waals surface area contributed by atoms with Gasteiger partial charge in [0.15, 0.2) is 5.78 Å². The van der Waals surface area contributed by atoms with Gasteiger partial charge in [-0.15, -0.1) is 0 Å². The average Bonchev–Trinajstić information content (AvgIpc) is 2.18. The molecule has 0 amide bonds. The van der Waals surface area contributed by atoms with Crippen molar-refractivity contribution in [1.29, 1.82) is 0 Å². The van der Waals surface area contributed by atoms with Crippen LogP contribution in [0.1, 0.15) is 16.8 Å². The fourth-order valence-corrected chi connectivity index (χ4v) is 1.23. The molecule has 3 heteroatoms. The highest BCUT2D eigenvalue weighted by Crippen LogP contribution is 2.09. The first kappa shape index (κ1) is 9.99. The lowest BCUT2D eigenvalue weighted by molar-refractivity contribution is -0.107. The summed E-state index contributed by atoms with van der Waals surface area (Å²) in [5.41, 5.74) is 0.601. The first-order valence-corrected chi connectivity index (χ1v) is 4.48. The lowest BCUT2D eigenvalue weighted by Gasteiger charge is -2.04. The molecule has 13 heavy (non-hydrogen) atoms. The van der Waals surface area contributed by atoms with E-state index in [0.29, 0.717) is 11.8 Å². The van der Waals surface area contributed by atoms with Crippen LogP contribution in [0.2, 0.25) is 0 Å². The summed E-state index contributed by atoms with van der Waals surface area (Å²) in [4.78, 5) is 21.6. The van der Waals surface area contributed by atoms with Gasteiger partial charge in [-0.1, -0.05) is 30.3 Å². The molecule has 0 radical (unpaired) electrons. The average molecular weight is 194 g/mol. The molecule has 1 atom stereocenters. The second kappa shape index (κ2) is 4.82. The van der Waals surface area contributed by atoms with E-state index < -0.39 is 5.25 Å². The topological polar surface area (TPSA) is 34.1 Å². The van der Waals surface area contributed by atoms with Crippen LogP contribution >= 0.6 is 12.6 Å². The lowest BCUT2D eigenvalue weighted by atomic mass is 10.1. The van der Waals surface area contributed by atoms with Crippen molar-refractivity contribution >= 4 is 24.7 Å². The molecule has 0 saturated carbocycles. The number of benzene rings is 1. The number of aldehydes is 1. The van der Waals surface area contributed by atoms with Gasteiger partial charge in [-0.05, 0) is 0 Å². The highest BCUT2D eigenvalue weighted by atomic mass is 32.1. The quantitative estimate of drug-likeness (QED) is 0.450. The molecule has 2 nitrogen and oxygen atoms in total. The number of thiol groups is 1. The molecule has 0 aliphatic rings. The Bertz CT molecular complexity index is 295. The zero-order chi connectivity index (χ0) is 9.68. The van der Waals surface area contributed by atoms with Crippen LogP contribution in [0.3, 0.4) is 0 Å². The van der Waals surface area contributed by atoms with Crippen LogP contribution in [-0.4, -0.2) is 17.3 Å². The lowest BCUT2D eigenvalue weighted by Crippen LogP contribution is -2.14. The van der Waals surface area contributed by atoms with E-state index in [1.807, 2.05) is 6.07 Å². The van der Waals surface area contributed by atoms with Gasteiger partial charge in [0.05, 0.1) is 5.25 Å². The van der Waals surface area contributed by atoms with Crippen LogP contribution in [0.5, 0.6) is 0 Å². The number of carbonyl (C=O) groups excluding carboxylic acids is 2. The molecule has 0 spiro atoms. The van der Waals surface area contributed by atoms with E-state index in [1.165, 1.54) is 0 Å². The number of Topliss-reactive ketones (excluding diaryl/α,β-unsaturated/α-hetero) is 1. The van der Waals surface area contributed by atoms with Crippen molar-refractivity contribution in [3.05, 3.63) is 35.9 Å². The number of ketones is 1. The minimum Gasteiger partial charge on any atom is -0.303 e. The Morgan fingerprint density at radius 1 is 1.38 bits per heavy atom. The van der Waals surface area contributed by atoms with E-state index in [1.54, 1.807) is 24.3 Å². The maximum Gasteiger partial charge on any atom is 0.175 e. The normalized spacial score (nSPS) is 12.1. The summed E-state index contributed by atoms with van der Waals surface area (Å²) < 4.78 is 0. The zero-order valence-corrected chi connectivity index (χ0v) is 7.91. The van der Waals surface area contributed by atoms with Crippen LogP contribution in [0.25, 0.3) is 0 Å². The molecule has 1 rings (SSSR count). The summed E-state index contributed by atoms with van der Waals surface area (Å²) in [7, 11) is 0. The summed E-state index contributed by atoms with van der Waals surface area (Å²) in [5, 5.41) is -0.514. The molecule has 0 N–H and O–H groups in total. The second-order valence-corrected chi connectivity index (χ2v) is 3.27. The first-order valence-electron chi connectivity index (χ1n) is 3.96. The van der Waals surface area contributed by atoms with Crippen molar-refractivity contribution in [2.24, 2.45) is 0 Å². The minimum absolute atomic E-state index is 0.101. The van der Waals surface area contributed by atoms with Gasteiger partial charge in [0.1, 0.15) is 6.29 Å². The third-order valence-corrected chi connectivity index (χ3v) is 2.13. The summed E-state index contributed by atoms with van der Waals surface area (Å²) >= 11 is 4.04. The third-order valence-electron chi connectivity index (χ3n) is 1.68. The summed E-state index contributed by atoms with van der Waals surface area (Å²) in [6.07, 6.45) is 0.870. The number of hydrogen-bond acceptors (Lipinski definition) is 3. The van der Waals surface area contributed by atoms with Crippen LogP contribution in [0.15, 0.2) is 30.3 Å². The van der Waals surface area contributed by atoms with Gasteiger partial charge in [0.25, 0.3) is 0 Å². The van der Waals surface area contributed by atoms with Crippen molar-refractivity contribution in [2.75, 3.05) is 0 Å². The molecule has 0 fully saturated rings. The van der Waals surface area contributed by atoms with Crippen molar-refractivity contribution in [1.82, 2.24) is 0 Å². The van der Waals surface area contributed by atoms with Gasteiger partial charge in [-0.3, -0.25) is 4.79 Å². The van der Waals surface area contributed by atoms with Gasteiger partial charge in [0, 0.05) is 12.0 Å². The molecule has 0 aromatic heterocycles. The predicted octanol–water partition coefficient (Wildman–Crippen LogP) is 1.76. The van der Waals surface area contributed by atoms with Gasteiger partial charge in [0.2, 0.25) is 0 Å². The third kappa shape index (κ3) is 2.70. The highest BCUT2D eigenvalue weighted by molar-refractivity contribution is 7.81. The standard InChI is InChI=1S/C10H10O2S/c11-7-6-9(13)10(12)8-4-2-1-3-5-8/h1-5,7,9,13H,6H2. The van der Waals surface area contributed by atoms with E-state index in [2.05, 4.69) is 12.6 Å². The SMILES string of the molecule is O=CCC(S)C(=O)c1ccccc1. The Morgan fingerprint density at radius 3 is 2.54 bits per heavy atom. The summed E-state index contributed by atoms with van der Waals surface area (Å²) in [6.45, 7) is 0. The van der Waals surface area contributed by atoms with E-state index >= 15 is 0 Å². The predicted molar refractivity (Wildman–Crippen MR) is 54.2 cm³/mol. The van der Waals surface area contributed by atoms with E-state index in [0.717, 1.165) is 0 Å². The van der Waals surface area contributed by atoms with Gasteiger partial charge in [-0.2, -0.15) is 12.6 Å². The molecular formula is C10H10O2S. The number of rotatable bonds is 4. The van der Waals surface area contributed by atoms with E-state index in [-0.39, 0.29) is 12.2 Å². The molecule has 0 aliphatic heterocycles. The Morgan fingerprint density at radius 2 is 2.00 bits per heavy atom. The summed E-state index contributed by atoms with van der Waals surface area (Å²) in [5.74, 6) is -0.101. The minimum atomic E-state index is -0.514. The second-order valence-electron chi connectivity index (χ2n) is 2.65. The molecule has 1 aromatic rings. The van der Waals surface area contributed by atoms with Gasteiger partial charge < -0.3 is 4.79 Å². The zero-order valence-electron chi connectivity index (χ0n) is 7.01. The van der Waals surface area contributed by atoms with Crippen LogP contribution in [0.4, 0.5) is 0 Å². The number of hydrogen-bond donors (Lipinski definition) is 1. The Kier molecular flexibility index (Phi) is 3.71.